The van der Waals surface area contributed by atoms with Crippen molar-refractivity contribution in [2.75, 3.05) is 0 Å². The first-order chi connectivity index (χ1) is 9.06. The molecule has 1 aliphatic rings. The molecule has 0 saturated heterocycles. The molecule has 1 aliphatic carbocycles. The van der Waals surface area contributed by atoms with E-state index in [1.807, 2.05) is 31.2 Å². The number of aliphatic carboxylic acids is 1. The van der Waals surface area contributed by atoms with E-state index in [1.165, 1.54) is 0 Å². The summed E-state index contributed by atoms with van der Waals surface area (Å²) in [5.74, 6) is -1.08. The maximum absolute atomic E-state index is 11.9. The van der Waals surface area contributed by atoms with Gasteiger partial charge < -0.3 is 10.4 Å². The zero-order valence-electron chi connectivity index (χ0n) is 11.1. The number of hydrogen-bond acceptors (Lipinski definition) is 2. The van der Waals surface area contributed by atoms with E-state index in [1.54, 1.807) is 0 Å². The Bertz CT molecular complexity index is 484. The summed E-state index contributed by atoms with van der Waals surface area (Å²) in [5.41, 5.74) is 2.13. The van der Waals surface area contributed by atoms with Gasteiger partial charge in [-0.15, -0.1) is 0 Å². The molecule has 0 spiro atoms. The Labute approximate surface area is 112 Å². The number of carboxylic acid groups (broad SMARTS) is 1. The molecule has 1 aromatic rings. The van der Waals surface area contributed by atoms with E-state index in [2.05, 4.69) is 5.32 Å². The zero-order valence-corrected chi connectivity index (χ0v) is 11.1. The maximum Gasteiger partial charge on any atom is 0.306 e. The summed E-state index contributed by atoms with van der Waals surface area (Å²) in [4.78, 5) is 22.8. The first kappa shape index (κ1) is 13.6. The average molecular weight is 261 g/mol. The molecule has 2 N–H and O–H groups in total. The van der Waals surface area contributed by atoms with E-state index in [9.17, 15) is 9.59 Å². The van der Waals surface area contributed by atoms with Gasteiger partial charge in [-0.25, -0.2) is 0 Å². The highest BCUT2D eigenvalue weighted by Crippen LogP contribution is 2.25. The van der Waals surface area contributed by atoms with Crippen molar-refractivity contribution in [3.8, 4) is 0 Å². The highest BCUT2D eigenvalue weighted by molar-refractivity contribution is 5.79. The van der Waals surface area contributed by atoms with Crippen molar-refractivity contribution in [1.82, 2.24) is 5.32 Å². The van der Waals surface area contributed by atoms with Gasteiger partial charge in [0, 0.05) is 6.04 Å². The van der Waals surface area contributed by atoms with Crippen molar-refractivity contribution in [2.24, 2.45) is 5.92 Å². The van der Waals surface area contributed by atoms with Gasteiger partial charge in [-0.3, -0.25) is 9.59 Å². The van der Waals surface area contributed by atoms with Gasteiger partial charge in [0.05, 0.1) is 12.3 Å². The van der Waals surface area contributed by atoms with Crippen molar-refractivity contribution >= 4 is 11.9 Å². The Morgan fingerprint density at radius 1 is 1.32 bits per heavy atom. The van der Waals surface area contributed by atoms with Crippen molar-refractivity contribution in [3.63, 3.8) is 0 Å². The van der Waals surface area contributed by atoms with Crippen LogP contribution in [0.5, 0.6) is 0 Å². The summed E-state index contributed by atoms with van der Waals surface area (Å²) in [6, 6.07) is 7.82. The Kier molecular flexibility index (Phi) is 4.20. The van der Waals surface area contributed by atoms with Crippen LogP contribution in [0.2, 0.25) is 0 Å². The number of amides is 1. The van der Waals surface area contributed by atoms with Crippen LogP contribution in [0.25, 0.3) is 0 Å². The van der Waals surface area contributed by atoms with Gasteiger partial charge in [-0.1, -0.05) is 24.3 Å². The second kappa shape index (κ2) is 5.87. The third kappa shape index (κ3) is 3.56. The van der Waals surface area contributed by atoms with Crippen LogP contribution in [-0.2, 0) is 16.0 Å². The van der Waals surface area contributed by atoms with Crippen molar-refractivity contribution < 1.29 is 14.7 Å². The lowest BCUT2D eigenvalue weighted by Crippen LogP contribution is -2.34. The largest absolute Gasteiger partial charge is 0.481 e. The van der Waals surface area contributed by atoms with Crippen LogP contribution >= 0.6 is 0 Å². The lowest BCUT2D eigenvalue weighted by atomic mass is 10.1. The van der Waals surface area contributed by atoms with Gasteiger partial charge in [-0.05, 0) is 37.3 Å². The zero-order chi connectivity index (χ0) is 13.8. The molecule has 1 amide bonds. The van der Waals surface area contributed by atoms with E-state index in [-0.39, 0.29) is 17.9 Å². The number of hydrogen-bond donors (Lipinski definition) is 2. The molecule has 1 fully saturated rings. The topological polar surface area (TPSA) is 66.4 Å². The number of aryl methyl sites for hydroxylation is 1. The standard InChI is InChI=1S/C15H19NO3/c1-10-4-2-3-5-11(10)9-14(17)16-13-7-6-12(8-13)15(18)19/h2-5,12-13H,6-9H2,1H3,(H,16,17)(H,18,19)/t12-,13+/m1/s1. The second-order valence-corrected chi connectivity index (χ2v) is 5.22. The first-order valence-corrected chi connectivity index (χ1v) is 6.63. The average Bonchev–Trinajstić information content (AvgIpc) is 2.80. The molecule has 0 radical (unpaired) electrons. The molecular weight excluding hydrogens is 242 g/mol. The number of benzene rings is 1. The molecule has 2 atom stereocenters. The Hall–Kier alpha value is -1.84. The van der Waals surface area contributed by atoms with Crippen molar-refractivity contribution in [3.05, 3.63) is 35.4 Å². The van der Waals surface area contributed by atoms with Crippen LogP contribution in [0.15, 0.2) is 24.3 Å². The molecule has 0 bridgehead atoms. The first-order valence-electron chi connectivity index (χ1n) is 6.63. The van der Waals surface area contributed by atoms with Gasteiger partial charge in [-0.2, -0.15) is 0 Å². The molecule has 4 nitrogen and oxygen atoms in total. The van der Waals surface area contributed by atoms with E-state index >= 15 is 0 Å². The minimum Gasteiger partial charge on any atom is -0.481 e. The van der Waals surface area contributed by atoms with Gasteiger partial charge in [0.2, 0.25) is 5.91 Å². The van der Waals surface area contributed by atoms with Gasteiger partial charge in [0.25, 0.3) is 0 Å². The number of carbonyl (C=O) groups excluding carboxylic acids is 1. The second-order valence-electron chi connectivity index (χ2n) is 5.22. The maximum atomic E-state index is 11.9. The molecule has 0 heterocycles. The van der Waals surface area contributed by atoms with Crippen molar-refractivity contribution in [1.29, 1.82) is 0 Å². The Morgan fingerprint density at radius 2 is 2.05 bits per heavy atom. The van der Waals surface area contributed by atoms with Crippen LogP contribution in [0.3, 0.4) is 0 Å². The minimum absolute atomic E-state index is 0.0117. The molecular formula is C15H19NO3. The lowest BCUT2D eigenvalue weighted by Gasteiger charge is -2.13. The minimum atomic E-state index is -0.754. The summed E-state index contributed by atoms with van der Waals surface area (Å²) in [7, 11) is 0. The van der Waals surface area contributed by atoms with Crippen LogP contribution in [0.1, 0.15) is 30.4 Å². The molecule has 2 rings (SSSR count). The molecule has 1 aromatic carbocycles. The number of rotatable bonds is 4. The summed E-state index contributed by atoms with van der Waals surface area (Å²) in [6.45, 7) is 1.98. The van der Waals surface area contributed by atoms with Crippen LogP contribution in [0.4, 0.5) is 0 Å². The van der Waals surface area contributed by atoms with Gasteiger partial charge >= 0.3 is 5.97 Å². The summed E-state index contributed by atoms with van der Waals surface area (Å²) in [5, 5.41) is 11.9. The molecule has 4 heteroatoms. The fourth-order valence-corrected chi connectivity index (χ4v) is 2.60. The van der Waals surface area contributed by atoms with Gasteiger partial charge in [0.1, 0.15) is 0 Å². The third-order valence-corrected chi connectivity index (χ3v) is 3.76. The van der Waals surface area contributed by atoms with E-state index in [0.717, 1.165) is 17.5 Å². The molecule has 19 heavy (non-hydrogen) atoms. The van der Waals surface area contributed by atoms with Crippen molar-refractivity contribution in [2.45, 2.75) is 38.6 Å². The fraction of sp³-hybridized carbons (Fsp3) is 0.467. The van der Waals surface area contributed by atoms with Crippen LogP contribution in [-0.4, -0.2) is 23.0 Å². The monoisotopic (exact) mass is 261 g/mol. The highest BCUT2D eigenvalue weighted by Gasteiger charge is 2.30. The fourth-order valence-electron chi connectivity index (χ4n) is 2.60. The molecule has 0 aromatic heterocycles. The van der Waals surface area contributed by atoms with Gasteiger partial charge in [0.15, 0.2) is 0 Å². The SMILES string of the molecule is Cc1ccccc1CC(=O)N[C@H]1CC[C@@H](C(=O)O)C1. The smallest absolute Gasteiger partial charge is 0.306 e. The quantitative estimate of drug-likeness (QED) is 0.870. The lowest BCUT2D eigenvalue weighted by molar-refractivity contribution is -0.141. The van der Waals surface area contributed by atoms with Crippen LogP contribution < -0.4 is 5.32 Å². The molecule has 0 unspecified atom stereocenters. The summed E-state index contributed by atoms with van der Waals surface area (Å²) >= 11 is 0. The summed E-state index contributed by atoms with van der Waals surface area (Å²) < 4.78 is 0. The normalized spacial score (nSPS) is 22.2. The Morgan fingerprint density at radius 3 is 2.68 bits per heavy atom. The van der Waals surface area contributed by atoms with E-state index in [4.69, 9.17) is 5.11 Å². The predicted octanol–water partition coefficient (Wildman–Crippen LogP) is 1.91. The van der Waals surface area contributed by atoms with Crippen LogP contribution in [0, 0.1) is 12.8 Å². The highest BCUT2D eigenvalue weighted by atomic mass is 16.4. The van der Waals surface area contributed by atoms with E-state index in [0.29, 0.717) is 19.3 Å². The number of carbonyl (C=O) groups is 2. The predicted molar refractivity (Wildman–Crippen MR) is 71.8 cm³/mol. The van der Waals surface area contributed by atoms with E-state index < -0.39 is 5.97 Å². The summed E-state index contributed by atoms with van der Waals surface area (Å²) in [6.07, 6.45) is 2.33. The molecule has 0 aliphatic heterocycles. The number of carboxylic acids is 1. The molecule has 1 saturated carbocycles. The Balaban J connectivity index is 1.86. The third-order valence-electron chi connectivity index (χ3n) is 3.76. The number of nitrogens with one attached hydrogen (secondary N) is 1. The molecule has 102 valence electrons.